The lowest BCUT2D eigenvalue weighted by Gasteiger charge is -2.21. The second kappa shape index (κ2) is 7.00. The summed E-state index contributed by atoms with van der Waals surface area (Å²) in [6.07, 6.45) is 0. The molecule has 0 spiro atoms. The van der Waals surface area contributed by atoms with Gasteiger partial charge in [0, 0.05) is 29.3 Å². The van der Waals surface area contributed by atoms with Gasteiger partial charge in [-0.05, 0) is 57.2 Å². The summed E-state index contributed by atoms with van der Waals surface area (Å²) in [6, 6.07) is 12.9. The Hall–Kier alpha value is -1.19. The Bertz CT molecular complexity index is 532. The van der Waals surface area contributed by atoms with E-state index in [0.717, 1.165) is 23.1 Å². The number of hydrogen-bond donors (Lipinski definition) is 1. The number of anilines is 2. The van der Waals surface area contributed by atoms with Gasteiger partial charge in [0.15, 0.2) is 0 Å². The van der Waals surface area contributed by atoms with Crippen molar-refractivity contribution in [1.29, 1.82) is 0 Å². The SMILES string of the molecule is CCN(CC)c1ccc(NC(C)c2ccc(Cl)s2)cc1. The van der Waals surface area contributed by atoms with Gasteiger partial charge in [-0.2, -0.15) is 0 Å². The molecule has 0 aliphatic carbocycles. The van der Waals surface area contributed by atoms with Gasteiger partial charge in [-0.15, -0.1) is 11.3 Å². The van der Waals surface area contributed by atoms with Crippen LogP contribution in [0.2, 0.25) is 4.34 Å². The zero-order valence-corrected chi connectivity index (χ0v) is 13.8. The zero-order valence-electron chi connectivity index (χ0n) is 12.2. The van der Waals surface area contributed by atoms with Gasteiger partial charge in [-0.25, -0.2) is 0 Å². The molecule has 2 nitrogen and oxygen atoms in total. The van der Waals surface area contributed by atoms with Crippen LogP contribution in [0.4, 0.5) is 11.4 Å². The summed E-state index contributed by atoms with van der Waals surface area (Å²) in [7, 11) is 0. The van der Waals surface area contributed by atoms with Crippen molar-refractivity contribution >= 4 is 34.3 Å². The Labute approximate surface area is 130 Å². The summed E-state index contributed by atoms with van der Waals surface area (Å²) in [6.45, 7) is 8.58. The van der Waals surface area contributed by atoms with Gasteiger partial charge in [0.2, 0.25) is 0 Å². The van der Waals surface area contributed by atoms with Crippen LogP contribution in [0.15, 0.2) is 36.4 Å². The molecule has 0 amide bonds. The summed E-state index contributed by atoms with van der Waals surface area (Å²) in [5.74, 6) is 0. The monoisotopic (exact) mass is 308 g/mol. The van der Waals surface area contributed by atoms with Crippen LogP contribution in [0, 0.1) is 0 Å². The molecule has 0 saturated heterocycles. The lowest BCUT2D eigenvalue weighted by molar-refractivity contribution is 0.865. The summed E-state index contributed by atoms with van der Waals surface area (Å²) < 4.78 is 0.838. The Morgan fingerprint density at radius 3 is 2.25 bits per heavy atom. The van der Waals surface area contributed by atoms with Crippen LogP contribution in [0.5, 0.6) is 0 Å². The molecule has 4 heteroatoms. The molecular formula is C16H21ClN2S. The molecule has 108 valence electrons. The Morgan fingerprint density at radius 2 is 1.75 bits per heavy atom. The minimum atomic E-state index is 0.270. The van der Waals surface area contributed by atoms with Crippen molar-refractivity contribution in [3.8, 4) is 0 Å². The largest absolute Gasteiger partial charge is 0.378 e. The first kappa shape index (κ1) is 15.2. The Kier molecular flexibility index (Phi) is 5.32. The lowest BCUT2D eigenvalue weighted by atomic mass is 10.2. The maximum absolute atomic E-state index is 5.98. The normalized spacial score (nSPS) is 12.2. The van der Waals surface area contributed by atoms with Gasteiger partial charge in [-0.3, -0.25) is 0 Å². The lowest BCUT2D eigenvalue weighted by Crippen LogP contribution is -2.21. The standard InChI is InChI=1S/C16H21ClN2S/c1-4-19(5-2)14-8-6-13(7-9-14)18-12(3)15-10-11-16(17)20-15/h6-12,18H,4-5H2,1-3H3. The molecule has 1 aromatic carbocycles. The number of thiophene rings is 1. The number of halogens is 1. The number of nitrogens with one attached hydrogen (secondary N) is 1. The molecular weight excluding hydrogens is 288 g/mol. The van der Waals surface area contributed by atoms with Crippen LogP contribution in [-0.2, 0) is 0 Å². The van der Waals surface area contributed by atoms with Crippen LogP contribution in [0.25, 0.3) is 0 Å². The van der Waals surface area contributed by atoms with Gasteiger partial charge < -0.3 is 10.2 Å². The van der Waals surface area contributed by atoms with Crippen molar-refractivity contribution in [1.82, 2.24) is 0 Å². The predicted molar refractivity (Wildman–Crippen MR) is 91.4 cm³/mol. The van der Waals surface area contributed by atoms with E-state index < -0.39 is 0 Å². The molecule has 2 aromatic rings. The molecule has 0 bridgehead atoms. The smallest absolute Gasteiger partial charge is 0.0932 e. The molecule has 1 heterocycles. The van der Waals surface area contributed by atoms with E-state index in [1.165, 1.54) is 10.6 Å². The van der Waals surface area contributed by atoms with Crippen LogP contribution < -0.4 is 10.2 Å². The van der Waals surface area contributed by atoms with Gasteiger partial charge in [0.25, 0.3) is 0 Å². The predicted octanol–water partition coefficient (Wildman–Crippen LogP) is 5.42. The van der Waals surface area contributed by atoms with Crippen LogP contribution in [-0.4, -0.2) is 13.1 Å². The maximum atomic E-state index is 5.98. The van der Waals surface area contributed by atoms with E-state index in [0.29, 0.717) is 0 Å². The number of benzene rings is 1. The second-order valence-corrected chi connectivity index (χ2v) is 6.47. The fourth-order valence-corrected chi connectivity index (χ4v) is 3.30. The highest BCUT2D eigenvalue weighted by Gasteiger charge is 2.08. The molecule has 1 N–H and O–H groups in total. The number of hydrogen-bond acceptors (Lipinski definition) is 3. The third-order valence-corrected chi connectivity index (χ3v) is 4.81. The van der Waals surface area contributed by atoms with Gasteiger partial charge >= 0.3 is 0 Å². The molecule has 0 aliphatic rings. The molecule has 0 aliphatic heterocycles. The van der Waals surface area contributed by atoms with Gasteiger partial charge in [-0.1, -0.05) is 11.6 Å². The molecule has 0 saturated carbocycles. The summed E-state index contributed by atoms with van der Waals surface area (Å²) in [5.41, 5.74) is 2.41. The van der Waals surface area contributed by atoms with Crippen molar-refractivity contribution in [3.63, 3.8) is 0 Å². The van der Waals surface area contributed by atoms with Crippen LogP contribution >= 0.6 is 22.9 Å². The fourth-order valence-electron chi connectivity index (χ4n) is 2.24. The van der Waals surface area contributed by atoms with Crippen molar-refractivity contribution in [2.45, 2.75) is 26.8 Å². The van der Waals surface area contributed by atoms with Crippen molar-refractivity contribution < 1.29 is 0 Å². The van der Waals surface area contributed by atoms with Crippen LogP contribution in [0.3, 0.4) is 0 Å². The number of rotatable bonds is 6. The topological polar surface area (TPSA) is 15.3 Å². The van der Waals surface area contributed by atoms with Crippen molar-refractivity contribution in [3.05, 3.63) is 45.6 Å². The minimum absolute atomic E-state index is 0.270. The first-order chi connectivity index (χ1) is 9.63. The Balaban J connectivity index is 2.03. The molecule has 1 aromatic heterocycles. The third-order valence-electron chi connectivity index (χ3n) is 3.40. The maximum Gasteiger partial charge on any atom is 0.0932 e. The summed E-state index contributed by atoms with van der Waals surface area (Å²) in [5, 5.41) is 3.51. The summed E-state index contributed by atoms with van der Waals surface area (Å²) in [4.78, 5) is 3.59. The molecule has 1 atom stereocenters. The highest BCUT2D eigenvalue weighted by molar-refractivity contribution is 7.16. The highest BCUT2D eigenvalue weighted by atomic mass is 35.5. The van der Waals surface area contributed by atoms with E-state index in [1.54, 1.807) is 11.3 Å². The van der Waals surface area contributed by atoms with E-state index in [2.05, 4.69) is 61.3 Å². The average molecular weight is 309 g/mol. The molecule has 20 heavy (non-hydrogen) atoms. The first-order valence-electron chi connectivity index (χ1n) is 7.00. The number of nitrogens with zero attached hydrogens (tertiary/aromatic N) is 1. The molecule has 1 unspecified atom stereocenters. The minimum Gasteiger partial charge on any atom is -0.378 e. The van der Waals surface area contributed by atoms with E-state index in [4.69, 9.17) is 11.6 Å². The van der Waals surface area contributed by atoms with Crippen LogP contribution in [0.1, 0.15) is 31.7 Å². The van der Waals surface area contributed by atoms with Crippen molar-refractivity contribution in [2.24, 2.45) is 0 Å². The second-order valence-electron chi connectivity index (χ2n) is 4.73. The fraction of sp³-hybridized carbons (Fsp3) is 0.375. The van der Waals surface area contributed by atoms with E-state index >= 15 is 0 Å². The van der Waals surface area contributed by atoms with Crippen molar-refractivity contribution in [2.75, 3.05) is 23.3 Å². The molecule has 2 rings (SSSR count). The molecule has 0 fully saturated rings. The molecule has 0 radical (unpaired) electrons. The van der Waals surface area contributed by atoms with Gasteiger partial charge in [0.05, 0.1) is 10.4 Å². The average Bonchev–Trinajstić information content (AvgIpc) is 2.89. The summed E-state index contributed by atoms with van der Waals surface area (Å²) >= 11 is 7.61. The van der Waals surface area contributed by atoms with Gasteiger partial charge in [0.1, 0.15) is 0 Å². The van der Waals surface area contributed by atoms with E-state index in [-0.39, 0.29) is 6.04 Å². The quantitative estimate of drug-likeness (QED) is 0.766. The third kappa shape index (κ3) is 3.68. The first-order valence-corrected chi connectivity index (χ1v) is 8.20. The zero-order chi connectivity index (χ0) is 14.5. The highest BCUT2D eigenvalue weighted by Crippen LogP contribution is 2.29. The van der Waals surface area contributed by atoms with E-state index in [9.17, 15) is 0 Å². The Morgan fingerprint density at radius 1 is 1.10 bits per heavy atom. The van der Waals surface area contributed by atoms with E-state index in [1.807, 2.05) is 6.07 Å².